The first-order valence-corrected chi connectivity index (χ1v) is 7.34. The van der Waals surface area contributed by atoms with Gasteiger partial charge in [-0.05, 0) is 37.1 Å². The lowest BCUT2D eigenvalue weighted by Crippen LogP contribution is -2.14. The third-order valence-electron chi connectivity index (χ3n) is 3.28. The molecule has 0 unspecified atom stereocenters. The Kier molecular flexibility index (Phi) is 4.60. The Labute approximate surface area is 139 Å². The topological polar surface area (TPSA) is 59.1 Å². The summed E-state index contributed by atoms with van der Waals surface area (Å²) in [6, 6.07) is 6.18. The number of nitrogens with one attached hydrogen (secondary N) is 2. The van der Waals surface area contributed by atoms with E-state index in [1.165, 1.54) is 24.3 Å². The Morgan fingerprint density at radius 2 is 1.76 bits per heavy atom. The molecule has 1 aromatic heterocycles. The Hall–Kier alpha value is -2.65. The number of anilines is 3. The summed E-state index contributed by atoms with van der Waals surface area (Å²) in [5.74, 6) is -0.235. The van der Waals surface area contributed by atoms with Gasteiger partial charge in [0.1, 0.15) is 11.6 Å². The van der Waals surface area contributed by atoms with Crippen LogP contribution in [0.5, 0.6) is 5.75 Å². The average molecular weight is 360 g/mol. The molecule has 0 amide bonds. The highest BCUT2D eigenvalue weighted by Crippen LogP contribution is 2.32. The van der Waals surface area contributed by atoms with Crippen molar-refractivity contribution >= 4 is 17.5 Å². The zero-order valence-electron chi connectivity index (χ0n) is 12.6. The summed E-state index contributed by atoms with van der Waals surface area (Å²) in [5, 5.41) is 5.52. The van der Waals surface area contributed by atoms with Crippen molar-refractivity contribution < 1.29 is 26.7 Å². The fourth-order valence-corrected chi connectivity index (χ4v) is 2.00. The molecule has 0 spiro atoms. The molecular formula is C15H13F5N4O. The standard InChI is InChI=1S/C15H13F5N4O/c16-13(17)25-10-5-3-8(4-6-10)21-12-7-11(15(18,19)20)23-14(24-12)22-9-1-2-9/h3-7,9,13H,1-2H2,(H2,21,22,23,24). The van der Waals surface area contributed by atoms with Crippen molar-refractivity contribution in [2.75, 3.05) is 10.6 Å². The third kappa shape index (κ3) is 4.91. The Balaban J connectivity index is 1.80. The van der Waals surface area contributed by atoms with Crippen LogP contribution in [0.4, 0.5) is 39.4 Å². The van der Waals surface area contributed by atoms with E-state index in [4.69, 9.17) is 0 Å². The van der Waals surface area contributed by atoms with Crippen molar-refractivity contribution in [2.24, 2.45) is 0 Å². The quantitative estimate of drug-likeness (QED) is 0.747. The van der Waals surface area contributed by atoms with Crippen LogP contribution in [0.15, 0.2) is 30.3 Å². The van der Waals surface area contributed by atoms with Crippen molar-refractivity contribution in [3.8, 4) is 5.75 Å². The number of hydrogen-bond acceptors (Lipinski definition) is 5. The van der Waals surface area contributed by atoms with Crippen molar-refractivity contribution in [3.05, 3.63) is 36.0 Å². The van der Waals surface area contributed by atoms with Gasteiger partial charge in [0.25, 0.3) is 0 Å². The maximum atomic E-state index is 13.0. The number of rotatable bonds is 6. The first kappa shape index (κ1) is 17.2. The minimum Gasteiger partial charge on any atom is -0.435 e. The SMILES string of the molecule is FC(F)Oc1ccc(Nc2cc(C(F)(F)F)nc(NC3CC3)n2)cc1. The van der Waals surface area contributed by atoms with E-state index in [1.807, 2.05) is 0 Å². The number of alkyl halides is 5. The number of nitrogens with zero attached hydrogens (tertiary/aromatic N) is 2. The average Bonchev–Trinajstić information content (AvgIpc) is 3.31. The summed E-state index contributed by atoms with van der Waals surface area (Å²) in [6.45, 7) is -2.95. The lowest BCUT2D eigenvalue weighted by atomic mass is 10.3. The maximum Gasteiger partial charge on any atom is 0.433 e. The number of benzene rings is 1. The highest BCUT2D eigenvalue weighted by Gasteiger charge is 2.34. The zero-order chi connectivity index (χ0) is 18.0. The Morgan fingerprint density at radius 3 is 2.32 bits per heavy atom. The molecule has 2 aromatic rings. The van der Waals surface area contributed by atoms with Crippen molar-refractivity contribution in [1.82, 2.24) is 9.97 Å². The summed E-state index contributed by atoms with van der Waals surface area (Å²) in [5.41, 5.74) is -0.711. The third-order valence-corrected chi connectivity index (χ3v) is 3.28. The predicted octanol–water partition coefficient (Wildman–Crippen LogP) is 4.41. The van der Waals surface area contributed by atoms with Crippen LogP contribution in [0.1, 0.15) is 18.5 Å². The molecule has 1 aliphatic rings. The van der Waals surface area contributed by atoms with Gasteiger partial charge < -0.3 is 15.4 Å². The fraction of sp³-hybridized carbons (Fsp3) is 0.333. The molecule has 1 fully saturated rings. The zero-order valence-corrected chi connectivity index (χ0v) is 12.6. The number of hydrogen-bond donors (Lipinski definition) is 2. The van der Waals surface area contributed by atoms with Crippen LogP contribution in [-0.2, 0) is 6.18 Å². The highest BCUT2D eigenvalue weighted by molar-refractivity contribution is 5.58. The molecule has 1 heterocycles. The fourth-order valence-electron chi connectivity index (χ4n) is 2.00. The second-order valence-corrected chi connectivity index (χ2v) is 5.41. The summed E-state index contributed by atoms with van der Waals surface area (Å²) < 4.78 is 67.4. The van der Waals surface area contributed by atoms with Gasteiger partial charge in [-0.15, -0.1) is 0 Å². The molecule has 3 rings (SSSR count). The second-order valence-electron chi connectivity index (χ2n) is 5.41. The molecule has 1 aromatic carbocycles. The predicted molar refractivity (Wildman–Crippen MR) is 80.0 cm³/mol. The van der Waals surface area contributed by atoms with E-state index in [0.717, 1.165) is 18.9 Å². The minimum absolute atomic E-state index is 0.0599. The molecule has 2 N–H and O–H groups in total. The number of aromatic nitrogens is 2. The summed E-state index contributed by atoms with van der Waals surface area (Å²) in [6.07, 6.45) is -2.91. The maximum absolute atomic E-state index is 13.0. The van der Waals surface area contributed by atoms with Gasteiger partial charge in [0.15, 0.2) is 5.69 Å². The van der Waals surface area contributed by atoms with Crippen LogP contribution in [0.3, 0.4) is 0 Å². The lowest BCUT2D eigenvalue weighted by molar-refractivity contribution is -0.141. The van der Waals surface area contributed by atoms with E-state index in [9.17, 15) is 22.0 Å². The molecule has 25 heavy (non-hydrogen) atoms. The van der Waals surface area contributed by atoms with Crippen molar-refractivity contribution in [3.63, 3.8) is 0 Å². The first-order valence-electron chi connectivity index (χ1n) is 7.34. The summed E-state index contributed by atoms with van der Waals surface area (Å²) in [7, 11) is 0. The van der Waals surface area contributed by atoms with Gasteiger partial charge >= 0.3 is 12.8 Å². The molecule has 0 bridgehead atoms. The number of halogens is 5. The van der Waals surface area contributed by atoms with E-state index in [-0.39, 0.29) is 23.6 Å². The molecule has 10 heteroatoms. The van der Waals surface area contributed by atoms with E-state index >= 15 is 0 Å². The van der Waals surface area contributed by atoms with Crippen LogP contribution in [0.25, 0.3) is 0 Å². The van der Waals surface area contributed by atoms with E-state index in [1.54, 1.807) is 0 Å². The van der Waals surface area contributed by atoms with Gasteiger partial charge in [-0.3, -0.25) is 0 Å². The van der Waals surface area contributed by atoms with Gasteiger partial charge in [-0.1, -0.05) is 0 Å². The van der Waals surface area contributed by atoms with Gasteiger partial charge in [0, 0.05) is 17.8 Å². The van der Waals surface area contributed by atoms with Gasteiger partial charge in [-0.25, -0.2) is 4.98 Å². The lowest BCUT2D eigenvalue weighted by Gasteiger charge is -2.13. The molecule has 0 atom stereocenters. The molecule has 134 valence electrons. The molecule has 1 aliphatic carbocycles. The smallest absolute Gasteiger partial charge is 0.433 e. The van der Waals surface area contributed by atoms with Crippen LogP contribution < -0.4 is 15.4 Å². The molecule has 0 radical (unpaired) electrons. The Bertz CT molecular complexity index is 732. The summed E-state index contributed by atoms with van der Waals surface area (Å²) >= 11 is 0. The van der Waals surface area contributed by atoms with Gasteiger partial charge in [0.05, 0.1) is 0 Å². The van der Waals surface area contributed by atoms with Crippen molar-refractivity contribution in [2.45, 2.75) is 31.7 Å². The van der Waals surface area contributed by atoms with Crippen LogP contribution >= 0.6 is 0 Å². The highest BCUT2D eigenvalue weighted by atomic mass is 19.4. The van der Waals surface area contributed by atoms with Crippen LogP contribution in [-0.4, -0.2) is 22.6 Å². The van der Waals surface area contributed by atoms with Crippen LogP contribution in [0, 0.1) is 0 Å². The Morgan fingerprint density at radius 1 is 1.08 bits per heavy atom. The molecule has 0 aliphatic heterocycles. The van der Waals surface area contributed by atoms with Gasteiger partial charge in [-0.2, -0.15) is 26.9 Å². The minimum atomic E-state index is -4.62. The van der Waals surface area contributed by atoms with E-state index in [2.05, 4.69) is 25.3 Å². The molecule has 5 nitrogen and oxygen atoms in total. The van der Waals surface area contributed by atoms with Crippen LogP contribution in [0.2, 0.25) is 0 Å². The molecule has 0 saturated heterocycles. The number of ether oxygens (including phenoxy) is 1. The van der Waals surface area contributed by atoms with Crippen molar-refractivity contribution in [1.29, 1.82) is 0 Å². The molecular weight excluding hydrogens is 347 g/mol. The largest absolute Gasteiger partial charge is 0.435 e. The van der Waals surface area contributed by atoms with E-state index < -0.39 is 18.5 Å². The normalized spacial score (nSPS) is 14.5. The first-order chi connectivity index (χ1) is 11.8. The van der Waals surface area contributed by atoms with E-state index in [0.29, 0.717) is 5.69 Å². The summed E-state index contributed by atoms with van der Waals surface area (Å²) in [4.78, 5) is 7.49. The monoisotopic (exact) mass is 360 g/mol. The second kappa shape index (κ2) is 6.69. The molecule has 1 saturated carbocycles. The van der Waals surface area contributed by atoms with Gasteiger partial charge in [0.2, 0.25) is 5.95 Å².